The molecule has 142 valence electrons. The summed E-state index contributed by atoms with van der Waals surface area (Å²) in [5.74, 6) is -0.560. The molecule has 0 atom stereocenters. The van der Waals surface area contributed by atoms with Crippen LogP contribution in [0, 0.1) is 10.1 Å². The Bertz CT molecular complexity index is 1290. The second-order valence-corrected chi connectivity index (χ2v) is 7.32. The minimum Gasteiger partial charge on any atom is -0.402 e. The van der Waals surface area contributed by atoms with E-state index in [9.17, 15) is 14.9 Å². The summed E-state index contributed by atoms with van der Waals surface area (Å²) in [6.45, 7) is 0. The predicted octanol–water partition coefficient (Wildman–Crippen LogP) is 4.84. The van der Waals surface area contributed by atoms with E-state index in [-0.39, 0.29) is 22.3 Å². The molecule has 0 fully saturated rings. The lowest BCUT2D eigenvalue weighted by Gasteiger charge is -2.05. The van der Waals surface area contributed by atoms with Crippen LogP contribution in [0.5, 0.6) is 0 Å². The van der Waals surface area contributed by atoms with Gasteiger partial charge in [0.15, 0.2) is 5.70 Å². The quantitative estimate of drug-likeness (QED) is 0.270. The summed E-state index contributed by atoms with van der Waals surface area (Å²) in [4.78, 5) is 27.2. The zero-order valence-electron chi connectivity index (χ0n) is 15.0. The highest BCUT2D eigenvalue weighted by atomic mass is 35.5. The lowest BCUT2D eigenvalue weighted by atomic mass is 9.99. The van der Waals surface area contributed by atoms with Crippen molar-refractivity contribution in [1.29, 1.82) is 0 Å². The molecule has 6 nitrogen and oxygen atoms in total. The summed E-state index contributed by atoms with van der Waals surface area (Å²) < 4.78 is 5.26. The van der Waals surface area contributed by atoms with E-state index in [4.69, 9.17) is 16.3 Å². The number of hydrogen-bond acceptors (Lipinski definition) is 5. The Labute approximate surface area is 170 Å². The average Bonchev–Trinajstić information content (AvgIpc) is 3.30. The number of benzene rings is 3. The van der Waals surface area contributed by atoms with Crippen LogP contribution in [-0.4, -0.2) is 16.8 Å². The van der Waals surface area contributed by atoms with Gasteiger partial charge in [0.05, 0.1) is 4.92 Å². The fourth-order valence-electron chi connectivity index (χ4n) is 3.89. The summed E-state index contributed by atoms with van der Waals surface area (Å²) >= 11 is 5.85. The van der Waals surface area contributed by atoms with Gasteiger partial charge in [-0.1, -0.05) is 41.9 Å². The Kier molecular flexibility index (Phi) is 3.96. The number of nitro groups is 1. The van der Waals surface area contributed by atoms with E-state index < -0.39 is 10.9 Å². The Morgan fingerprint density at radius 1 is 1.14 bits per heavy atom. The molecule has 7 heteroatoms. The third kappa shape index (κ3) is 2.89. The largest absolute Gasteiger partial charge is 0.402 e. The fourth-order valence-corrected chi connectivity index (χ4v) is 4.08. The van der Waals surface area contributed by atoms with E-state index in [0.717, 1.165) is 18.4 Å². The Morgan fingerprint density at radius 2 is 2.00 bits per heavy atom. The highest BCUT2D eigenvalue weighted by Gasteiger charge is 2.27. The Hall–Kier alpha value is -3.51. The summed E-state index contributed by atoms with van der Waals surface area (Å²) in [7, 11) is 0. The second kappa shape index (κ2) is 6.53. The summed E-state index contributed by atoms with van der Waals surface area (Å²) in [6, 6.07) is 14.5. The number of nitro benzene ring substituents is 1. The Balaban J connectivity index is 1.57. The molecule has 1 aliphatic heterocycles. The van der Waals surface area contributed by atoms with Crippen LogP contribution in [0.4, 0.5) is 5.69 Å². The van der Waals surface area contributed by atoms with Crippen LogP contribution in [0.25, 0.3) is 16.8 Å². The SMILES string of the molecule is O=C1OC(c2ccc(Cl)c([N+](=O)[O-])c2)=N/C1=C\c1ccc2cccc3c2c1CC3. The van der Waals surface area contributed by atoms with Gasteiger partial charge in [0.1, 0.15) is 5.02 Å². The van der Waals surface area contributed by atoms with Gasteiger partial charge in [-0.15, -0.1) is 0 Å². The minimum absolute atomic E-state index is 0.00874. The summed E-state index contributed by atoms with van der Waals surface area (Å²) in [5, 5.41) is 13.5. The number of nitrogens with zero attached hydrogens (tertiary/aromatic N) is 2. The van der Waals surface area contributed by atoms with Gasteiger partial charge in [-0.05, 0) is 58.5 Å². The van der Waals surface area contributed by atoms with E-state index in [1.54, 1.807) is 6.08 Å². The maximum atomic E-state index is 12.4. The molecule has 0 bridgehead atoms. The number of ether oxygens (including phenoxy) is 1. The van der Waals surface area contributed by atoms with Crippen LogP contribution in [0.1, 0.15) is 22.3 Å². The van der Waals surface area contributed by atoms with Crippen molar-refractivity contribution in [2.24, 2.45) is 4.99 Å². The number of halogens is 1. The normalized spacial score (nSPS) is 16.4. The van der Waals surface area contributed by atoms with Crippen molar-refractivity contribution < 1.29 is 14.5 Å². The van der Waals surface area contributed by atoms with Crippen molar-refractivity contribution in [3.8, 4) is 0 Å². The van der Waals surface area contributed by atoms with Crippen LogP contribution >= 0.6 is 11.6 Å². The molecular formula is C22H13ClN2O4. The number of hydrogen-bond donors (Lipinski definition) is 0. The number of esters is 1. The van der Waals surface area contributed by atoms with Crippen molar-refractivity contribution >= 4 is 46.0 Å². The Morgan fingerprint density at radius 3 is 2.83 bits per heavy atom. The first kappa shape index (κ1) is 17.6. The molecule has 0 N–H and O–H groups in total. The molecule has 3 aromatic rings. The third-order valence-corrected chi connectivity index (χ3v) is 5.54. The zero-order valence-corrected chi connectivity index (χ0v) is 15.8. The number of aryl methyl sites for hydroxylation is 2. The van der Waals surface area contributed by atoms with Gasteiger partial charge < -0.3 is 4.74 Å². The highest BCUT2D eigenvalue weighted by molar-refractivity contribution is 6.32. The molecule has 0 amide bonds. The standard InChI is InChI=1S/C22H13ClN2O4/c23-17-9-7-15(11-19(17)25(27)28)21-24-18(22(26)29-21)10-14-5-4-12-2-1-3-13-6-8-16(14)20(12)13/h1-5,7,9-11H,6,8H2/b18-10-. The topological polar surface area (TPSA) is 81.8 Å². The van der Waals surface area contributed by atoms with Crippen molar-refractivity contribution in [2.75, 3.05) is 0 Å². The van der Waals surface area contributed by atoms with Crippen molar-refractivity contribution in [2.45, 2.75) is 12.8 Å². The maximum Gasteiger partial charge on any atom is 0.363 e. The van der Waals surface area contributed by atoms with Crippen LogP contribution in [0.15, 0.2) is 59.2 Å². The van der Waals surface area contributed by atoms with Gasteiger partial charge in [0.25, 0.3) is 5.69 Å². The number of carbonyl (C=O) groups is 1. The van der Waals surface area contributed by atoms with Gasteiger partial charge in [-0.25, -0.2) is 9.79 Å². The predicted molar refractivity (Wildman–Crippen MR) is 110 cm³/mol. The number of carbonyl (C=O) groups excluding carboxylic acids is 1. The molecule has 0 radical (unpaired) electrons. The van der Waals surface area contributed by atoms with Crippen molar-refractivity contribution in [3.63, 3.8) is 0 Å². The van der Waals surface area contributed by atoms with Crippen LogP contribution in [-0.2, 0) is 22.4 Å². The molecule has 0 aromatic heterocycles. The number of rotatable bonds is 3. The lowest BCUT2D eigenvalue weighted by molar-refractivity contribution is -0.384. The van der Waals surface area contributed by atoms with Gasteiger partial charge in [0.2, 0.25) is 5.90 Å². The van der Waals surface area contributed by atoms with E-state index >= 15 is 0 Å². The minimum atomic E-state index is -0.589. The second-order valence-electron chi connectivity index (χ2n) is 6.91. The molecule has 0 spiro atoms. The molecule has 2 aliphatic rings. The van der Waals surface area contributed by atoms with Crippen LogP contribution in [0.3, 0.4) is 0 Å². The van der Waals surface area contributed by atoms with E-state index in [1.165, 1.54) is 40.1 Å². The molecular weight excluding hydrogens is 392 g/mol. The van der Waals surface area contributed by atoms with Gasteiger partial charge in [0, 0.05) is 11.6 Å². The summed E-state index contributed by atoms with van der Waals surface area (Å²) in [5.41, 5.74) is 3.66. The third-order valence-electron chi connectivity index (χ3n) is 5.22. The molecule has 3 aromatic carbocycles. The molecule has 0 saturated heterocycles. The number of cyclic esters (lactones) is 1. The first-order valence-electron chi connectivity index (χ1n) is 9.01. The monoisotopic (exact) mass is 404 g/mol. The van der Waals surface area contributed by atoms with E-state index in [0.29, 0.717) is 5.56 Å². The number of aliphatic imine (C=N–C) groups is 1. The van der Waals surface area contributed by atoms with Crippen LogP contribution in [0.2, 0.25) is 5.02 Å². The van der Waals surface area contributed by atoms with Crippen molar-refractivity contribution in [3.05, 3.63) is 91.6 Å². The zero-order chi connectivity index (χ0) is 20.1. The lowest BCUT2D eigenvalue weighted by Crippen LogP contribution is -2.06. The molecule has 1 heterocycles. The van der Waals surface area contributed by atoms with Crippen molar-refractivity contribution in [1.82, 2.24) is 0 Å². The van der Waals surface area contributed by atoms with Gasteiger partial charge in [-0.3, -0.25) is 10.1 Å². The first-order valence-corrected chi connectivity index (χ1v) is 9.39. The maximum absolute atomic E-state index is 12.4. The van der Waals surface area contributed by atoms with Gasteiger partial charge in [-0.2, -0.15) is 0 Å². The average molecular weight is 405 g/mol. The first-order chi connectivity index (χ1) is 14.0. The molecule has 5 rings (SSSR count). The highest BCUT2D eigenvalue weighted by Crippen LogP contribution is 2.35. The fraction of sp³-hybridized carbons (Fsp3) is 0.0909. The smallest absolute Gasteiger partial charge is 0.363 e. The molecule has 29 heavy (non-hydrogen) atoms. The molecule has 1 aliphatic carbocycles. The van der Waals surface area contributed by atoms with E-state index in [1.807, 2.05) is 12.1 Å². The summed E-state index contributed by atoms with van der Waals surface area (Å²) in [6.07, 6.45) is 3.60. The van der Waals surface area contributed by atoms with E-state index in [2.05, 4.69) is 23.2 Å². The van der Waals surface area contributed by atoms with Gasteiger partial charge >= 0.3 is 5.97 Å². The molecule has 0 saturated carbocycles. The molecule has 0 unspecified atom stereocenters. The van der Waals surface area contributed by atoms with Crippen LogP contribution < -0.4 is 0 Å².